The molecular weight excluding hydrogens is 254 g/mol. The van der Waals surface area contributed by atoms with Gasteiger partial charge in [0.2, 0.25) is 0 Å². The summed E-state index contributed by atoms with van der Waals surface area (Å²) in [5.41, 5.74) is 9.19. The van der Waals surface area contributed by atoms with Gasteiger partial charge in [0.05, 0.1) is 5.69 Å². The fourth-order valence-corrected chi connectivity index (χ4v) is 2.06. The van der Waals surface area contributed by atoms with Crippen LogP contribution in [0.4, 0.5) is 0 Å². The van der Waals surface area contributed by atoms with Crippen LogP contribution in [0.15, 0.2) is 23.4 Å². The molecule has 0 saturated heterocycles. The zero-order chi connectivity index (χ0) is 14.7. The van der Waals surface area contributed by atoms with Gasteiger partial charge in [0, 0.05) is 17.0 Å². The molecule has 0 aliphatic heterocycles. The highest BCUT2D eigenvalue weighted by molar-refractivity contribution is 5.97. The Morgan fingerprint density at radius 1 is 1.30 bits per heavy atom. The van der Waals surface area contributed by atoms with Gasteiger partial charge in [0.15, 0.2) is 11.7 Å². The minimum atomic E-state index is 0.0673. The van der Waals surface area contributed by atoms with E-state index in [1.807, 2.05) is 11.6 Å². The second-order valence-corrected chi connectivity index (χ2v) is 4.59. The first kappa shape index (κ1) is 14.0. The lowest BCUT2D eigenvalue weighted by Crippen LogP contribution is -2.15. The Kier molecular flexibility index (Phi) is 4.02. The first-order valence-corrected chi connectivity index (χ1v) is 6.63. The summed E-state index contributed by atoms with van der Waals surface area (Å²) in [5, 5.41) is 16.4. The normalized spacial score (nSPS) is 11.8. The number of hydrogen-bond donors (Lipinski definition) is 2. The van der Waals surface area contributed by atoms with Crippen molar-refractivity contribution in [3.05, 3.63) is 40.8 Å². The Labute approximate surface area is 117 Å². The number of aromatic nitrogens is 3. The summed E-state index contributed by atoms with van der Waals surface area (Å²) in [6.45, 7) is 6.01. The molecule has 0 aromatic carbocycles. The molecule has 2 aromatic heterocycles. The molecule has 2 rings (SSSR count). The monoisotopic (exact) mass is 273 g/mol. The molecule has 2 heterocycles. The number of aryl methyl sites for hydroxylation is 3. The van der Waals surface area contributed by atoms with Crippen LogP contribution in [-0.4, -0.2) is 25.8 Å². The fourth-order valence-electron chi connectivity index (χ4n) is 2.06. The molecule has 0 amide bonds. The van der Waals surface area contributed by atoms with E-state index in [9.17, 15) is 0 Å². The third-order valence-electron chi connectivity index (χ3n) is 3.12. The van der Waals surface area contributed by atoms with Gasteiger partial charge in [-0.1, -0.05) is 19.0 Å². The SMILES string of the molecule is CCc1cc(CC)n(-c2cc(/C(N)=N/O)cc(C)n2)n1. The molecule has 0 unspecified atom stereocenters. The molecule has 0 aliphatic carbocycles. The summed E-state index contributed by atoms with van der Waals surface area (Å²) in [6.07, 6.45) is 1.74. The maximum Gasteiger partial charge on any atom is 0.170 e. The summed E-state index contributed by atoms with van der Waals surface area (Å²) in [4.78, 5) is 4.49. The Morgan fingerprint density at radius 2 is 2.05 bits per heavy atom. The van der Waals surface area contributed by atoms with Crippen molar-refractivity contribution in [1.29, 1.82) is 0 Å². The lowest BCUT2D eigenvalue weighted by molar-refractivity contribution is 0.318. The van der Waals surface area contributed by atoms with Gasteiger partial charge in [0.25, 0.3) is 0 Å². The van der Waals surface area contributed by atoms with Gasteiger partial charge < -0.3 is 10.9 Å². The number of amidine groups is 1. The molecule has 3 N–H and O–H groups in total. The van der Waals surface area contributed by atoms with Crippen LogP contribution in [0.1, 0.15) is 36.5 Å². The van der Waals surface area contributed by atoms with Crippen LogP contribution in [0.25, 0.3) is 5.82 Å². The molecule has 106 valence electrons. The molecule has 0 saturated carbocycles. The van der Waals surface area contributed by atoms with Gasteiger partial charge in [-0.3, -0.25) is 0 Å². The Hall–Kier alpha value is -2.37. The standard InChI is InChI=1S/C14H19N5O/c1-4-11-8-12(5-2)19(17-11)13-7-10(14(15)18-20)6-9(3)16-13/h6-8,20H,4-5H2,1-3H3,(H2,15,18). The molecule has 6 nitrogen and oxygen atoms in total. The van der Waals surface area contributed by atoms with Crippen molar-refractivity contribution in [1.82, 2.24) is 14.8 Å². The van der Waals surface area contributed by atoms with Gasteiger partial charge in [-0.25, -0.2) is 9.67 Å². The first-order chi connectivity index (χ1) is 9.58. The largest absolute Gasteiger partial charge is 0.409 e. The van der Waals surface area contributed by atoms with Crippen molar-refractivity contribution in [2.45, 2.75) is 33.6 Å². The van der Waals surface area contributed by atoms with Gasteiger partial charge in [-0.15, -0.1) is 0 Å². The van der Waals surface area contributed by atoms with Crippen molar-refractivity contribution in [3.8, 4) is 5.82 Å². The second-order valence-electron chi connectivity index (χ2n) is 4.59. The molecular formula is C14H19N5O. The van der Waals surface area contributed by atoms with Gasteiger partial charge >= 0.3 is 0 Å². The smallest absolute Gasteiger partial charge is 0.170 e. The molecule has 20 heavy (non-hydrogen) atoms. The van der Waals surface area contributed by atoms with Crippen molar-refractivity contribution >= 4 is 5.84 Å². The second kappa shape index (κ2) is 5.73. The van der Waals surface area contributed by atoms with Crippen LogP contribution in [-0.2, 0) is 12.8 Å². The maximum atomic E-state index is 8.80. The zero-order valence-electron chi connectivity index (χ0n) is 12.0. The maximum absolute atomic E-state index is 8.80. The van der Waals surface area contributed by atoms with Crippen LogP contribution in [0.5, 0.6) is 0 Å². The lowest BCUT2D eigenvalue weighted by Gasteiger charge is -2.08. The molecule has 0 radical (unpaired) electrons. The highest BCUT2D eigenvalue weighted by Gasteiger charge is 2.11. The summed E-state index contributed by atoms with van der Waals surface area (Å²) < 4.78 is 1.82. The lowest BCUT2D eigenvalue weighted by atomic mass is 10.2. The molecule has 6 heteroatoms. The van der Waals surface area contributed by atoms with E-state index < -0.39 is 0 Å². The Morgan fingerprint density at radius 3 is 2.65 bits per heavy atom. The van der Waals surface area contributed by atoms with E-state index in [1.54, 1.807) is 12.1 Å². The highest BCUT2D eigenvalue weighted by Crippen LogP contribution is 2.15. The summed E-state index contributed by atoms with van der Waals surface area (Å²) >= 11 is 0. The van der Waals surface area contributed by atoms with Crippen LogP contribution >= 0.6 is 0 Å². The number of pyridine rings is 1. The molecule has 0 bridgehead atoms. The molecule has 0 fully saturated rings. The van der Waals surface area contributed by atoms with Crippen molar-refractivity contribution in [3.63, 3.8) is 0 Å². The number of hydrogen-bond acceptors (Lipinski definition) is 4. The predicted molar refractivity (Wildman–Crippen MR) is 77.4 cm³/mol. The van der Waals surface area contributed by atoms with E-state index >= 15 is 0 Å². The average Bonchev–Trinajstić information content (AvgIpc) is 2.89. The number of rotatable bonds is 4. The number of oxime groups is 1. The number of nitrogens with zero attached hydrogens (tertiary/aromatic N) is 4. The van der Waals surface area contributed by atoms with E-state index in [4.69, 9.17) is 10.9 Å². The van der Waals surface area contributed by atoms with Gasteiger partial charge in [0.1, 0.15) is 0 Å². The van der Waals surface area contributed by atoms with E-state index in [1.165, 1.54) is 0 Å². The van der Waals surface area contributed by atoms with E-state index in [-0.39, 0.29) is 5.84 Å². The highest BCUT2D eigenvalue weighted by atomic mass is 16.4. The third kappa shape index (κ3) is 2.64. The third-order valence-corrected chi connectivity index (χ3v) is 3.12. The van der Waals surface area contributed by atoms with Crippen LogP contribution in [0, 0.1) is 6.92 Å². The zero-order valence-corrected chi connectivity index (χ0v) is 12.0. The van der Waals surface area contributed by atoms with Crippen molar-refractivity contribution < 1.29 is 5.21 Å². The Bertz CT molecular complexity index is 645. The molecule has 0 atom stereocenters. The quantitative estimate of drug-likeness (QED) is 0.385. The van der Waals surface area contributed by atoms with Crippen molar-refractivity contribution in [2.75, 3.05) is 0 Å². The molecule has 0 spiro atoms. The van der Waals surface area contributed by atoms with Crippen LogP contribution in [0.3, 0.4) is 0 Å². The van der Waals surface area contributed by atoms with E-state index in [0.29, 0.717) is 11.4 Å². The summed E-state index contributed by atoms with van der Waals surface area (Å²) in [6, 6.07) is 5.62. The fraction of sp³-hybridized carbons (Fsp3) is 0.357. The van der Waals surface area contributed by atoms with Crippen LogP contribution in [0.2, 0.25) is 0 Å². The molecule has 0 aliphatic rings. The predicted octanol–water partition coefficient (Wildman–Crippen LogP) is 1.80. The Balaban J connectivity index is 2.57. The number of nitrogens with two attached hydrogens (primary N) is 1. The molecule has 2 aromatic rings. The topological polar surface area (TPSA) is 89.3 Å². The summed E-state index contributed by atoms with van der Waals surface area (Å²) in [5.74, 6) is 0.751. The van der Waals surface area contributed by atoms with E-state index in [2.05, 4.69) is 35.2 Å². The first-order valence-electron chi connectivity index (χ1n) is 6.63. The average molecular weight is 273 g/mol. The van der Waals surface area contributed by atoms with Gasteiger partial charge in [-0.2, -0.15) is 5.10 Å². The minimum Gasteiger partial charge on any atom is -0.409 e. The summed E-state index contributed by atoms with van der Waals surface area (Å²) in [7, 11) is 0. The van der Waals surface area contributed by atoms with Crippen molar-refractivity contribution in [2.24, 2.45) is 10.9 Å². The van der Waals surface area contributed by atoms with E-state index in [0.717, 1.165) is 29.9 Å². The van der Waals surface area contributed by atoms with Crippen LogP contribution < -0.4 is 5.73 Å². The minimum absolute atomic E-state index is 0.0673. The van der Waals surface area contributed by atoms with Gasteiger partial charge in [-0.05, 0) is 38.0 Å².